The Hall–Kier alpha value is -2.26. The number of benzene rings is 2. The first-order chi connectivity index (χ1) is 10.6. The second-order valence-corrected chi connectivity index (χ2v) is 8.33. The quantitative estimate of drug-likeness (QED) is 0.891. The van der Waals surface area contributed by atoms with Crippen LogP contribution in [0.5, 0.6) is 0 Å². The molecule has 122 valence electrons. The summed E-state index contributed by atoms with van der Waals surface area (Å²) in [5.41, 5.74) is -0.0719. The fourth-order valence-electron chi connectivity index (χ4n) is 1.75. The zero-order valence-electron chi connectivity index (χ0n) is 11.9. The Balaban J connectivity index is 2.27. The van der Waals surface area contributed by atoms with Crippen molar-refractivity contribution in [3.05, 3.63) is 59.9 Å². The highest BCUT2D eigenvalue weighted by molar-refractivity contribution is 7.90. The van der Waals surface area contributed by atoms with Gasteiger partial charge in [-0.1, -0.05) is 12.1 Å². The lowest BCUT2D eigenvalue weighted by Crippen LogP contribution is -2.31. The molecule has 0 bridgehead atoms. The molecule has 2 aromatic rings. The van der Waals surface area contributed by atoms with E-state index in [1.54, 1.807) is 4.72 Å². The lowest BCUT2D eigenvalue weighted by atomic mass is 10.2. The van der Waals surface area contributed by atoms with E-state index in [1.807, 2.05) is 0 Å². The first-order valence-corrected chi connectivity index (χ1v) is 9.60. The van der Waals surface area contributed by atoms with Crippen LogP contribution in [0.3, 0.4) is 0 Å². The molecule has 0 aromatic heterocycles. The van der Waals surface area contributed by atoms with E-state index in [4.69, 9.17) is 0 Å². The van der Waals surface area contributed by atoms with E-state index in [0.717, 1.165) is 18.4 Å². The summed E-state index contributed by atoms with van der Waals surface area (Å²) in [6, 6.07) is 9.33. The summed E-state index contributed by atoms with van der Waals surface area (Å²) in [5, 5.41) is 0. The summed E-state index contributed by atoms with van der Waals surface area (Å²) in [4.78, 5) is 11.3. The fourth-order valence-corrected chi connectivity index (χ4v) is 3.44. The van der Waals surface area contributed by atoms with Crippen LogP contribution in [0.1, 0.15) is 10.4 Å². The number of rotatable bonds is 4. The molecule has 9 heteroatoms. The van der Waals surface area contributed by atoms with Crippen LogP contribution in [0, 0.1) is 5.82 Å². The third kappa shape index (κ3) is 3.93. The average molecular weight is 357 g/mol. The molecule has 0 unspecified atom stereocenters. The van der Waals surface area contributed by atoms with E-state index in [2.05, 4.69) is 0 Å². The highest BCUT2D eigenvalue weighted by atomic mass is 32.2. The molecule has 0 radical (unpaired) electrons. The van der Waals surface area contributed by atoms with E-state index in [-0.39, 0.29) is 10.5 Å². The summed E-state index contributed by atoms with van der Waals surface area (Å²) in [7, 11) is -7.80. The lowest BCUT2D eigenvalue weighted by Gasteiger charge is -2.08. The minimum absolute atomic E-state index is 0.00832. The smallest absolute Gasteiger partial charge is 0.267 e. The van der Waals surface area contributed by atoms with E-state index >= 15 is 0 Å². The first-order valence-electron chi connectivity index (χ1n) is 6.23. The fraction of sp³-hybridized carbons (Fsp3) is 0.0714. The molecule has 0 aliphatic rings. The molecular weight excluding hydrogens is 345 g/mol. The van der Waals surface area contributed by atoms with Crippen LogP contribution in [0.2, 0.25) is 0 Å². The Morgan fingerprint density at radius 2 is 1.52 bits per heavy atom. The normalized spacial score (nSPS) is 11.9. The Morgan fingerprint density at radius 1 is 0.957 bits per heavy atom. The number of nitrogens with one attached hydrogen (secondary N) is 1. The summed E-state index contributed by atoms with van der Waals surface area (Å²) in [6.45, 7) is 0. The molecule has 0 heterocycles. The molecular formula is C14H12FNO5S2. The van der Waals surface area contributed by atoms with Gasteiger partial charge in [-0.2, -0.15) is 0 Å². The SMILES string of the molecule is CS(=O)(=O)c1ccc(C(=O)NS(=O)(=O)c2ccccc2F)cc1. The first kappa shape index (κ1) is 17.1. The topological polar surface area (TPSA) is 97.4 Å². The Bertz CT molecular complexity index is 951. The van der Waals surface area contributed by atoms with Crippen LogP contribution in [0.25, 0.3) is 0 Å². The molecule has 1 amide bonds. The Labute approximate surface area is 132 Å². The van der Waals surface area contributed by atoms with Gasteiger partial charge in [0.15, 0.2) is 9.84 Å². The largest absolute Gasteiger partial charge is 0.268 e. The Morgan fingerprint density at radius 3 is 2.04 bits per heavy atom. The number of hydrogen-bond acceptors (Lipinski definition) is 5. The highest BCUT2D eigenvalue weighted by Crippen LogP contribution is 2.15. The third-order valence-corrected chi connectivity index (χ3v) is 5.39. The number of carbonyl (C=O) groups excluding carboxylic acids is 1. The van der Waals surface area contributed by atoms with Crippen molar-refractivity contribution < 1.29 is 26.0 Å². The van der Waals surface area contributed by atoms with E-state index in [0.29, 0.717) is 0 Å². The van der Waals surface area contributed by atoms with Crippen LogP contribution < -0.4 is 4.72 Å². The highest BCUT2D eigenvalue weighted by Gasteiger charge is 2.22. The van der Waals surface area contributed by atoms with E-state index < -0.39 is 36.5 Å². The Kier molecular flexibility index (Phi) is 4.53. The predicted molar refractivity (Wildman–Crippen MR) is 80.6 cm³/mol. The van der Waals surface area contributed by atoms with Gasteiger partial charge in [-0.15, -0.1) is 0 Å². The van der Waals surface area contributed by atoms with Gasteiger partial charge in [0.2, 0.25) is 0 Å². The van der Waals surface area contributed by atoms with Crippen LogP contribution >= 0.6 is 0 Å². The maximum absolute atomic E-state index is 13.5. The lowest BCUT2D eigenvalue weighted by molar-refractivity contribution is 0.0981. The second kappa shape index (κ2) is 6.09. The number of hydrogen-bond donors (Lipinski definition) is 1. The maximum Gasteiger partial charge on any atom is 0.267 e. The minimum Gasteiger partial charge on any atom is -0.268 e. The average Bonchev–Trinajstić information content (AvgIpc) is 2.46. The summed E-state index contributed by atoms with van der Waals surface area (Å²) in [5.74, 6) is -1.98. The van der Waals surface area contributed by atoms with Crippen molar-refractivity contribution in [3.8, 4) is 0 Å². The molecule has 0 fully saturated rings. The van der Waals surface area contributed by atoms with Crippen LogP contribution in [-0.2, 0) is 19.9 Å². The molecule has 0 atom stereocenters. The zero-order valence-corrected chi connectivity index (χ0v) is 13.5. The molecule has 2 rings (SSSR count). The van der Waals surface area contributed by atoms with Gasteiger partial charge in [0.05, 0.1) is 4.90 Å². The monoisotopic (exact) mass is 357 g/mol. The van der Waals surface area contributed by atoms with Gasteiger partial charge >= 0.3 is 0 Å². The van der Waals surface area contributed by atoms with Gasteiger partial charge in [-0.3, -0.25) is 4.79 Å². The van der Waals surface area contributed by atoms with Crippen molar-refractivity contribution in [2.75, 3.05) is 6.26 Å². The molecule has 0 saturated heterocycles. The molecule has 0 aliphatic carbocycles. The van der Waals surface area contributed by atoms with Gasteiger partial charge in [-0.25, -0.2) is 25.9 Å². The molecule has 0 saturated carbocycles. The van der Waals surface area contributed by atoms with Crippen LogP contribution in [0.15, 0.2) is 58.3 Å². The van der Waals surface area contributed by atoms with Crippen molar-refractivity contribution in [3.63, 3.8) is 0 Å². The number of amides is 1. The minimum atomic E-state index is -4.37. The maximum atomic E-state index is 13.5. The molecule has 0 spiro atoms. The second-order valence-electron chi connectivity index (χ2n) is 4.66. The molecule has 0 aliphatic heterocycles. The van der Waals surface area contributed by atoms with E-state index in [1.165, 1.54) is 36.4 Å². The number of sulfonamides is 1. The zero-order chi connectivity index (χ0) is 17.3. The number of halogens is 1. The standard InChI is InChI=1S/C14H12FNO5S2/c1-22(18,19)11-8-6-10(7-9-11)14(17)16-23(20,21)13-5-3-2-4-12(13)15/h2-9H,1H3,(H,16,17). The van der Waals surface area contributed by atoms with Gasteiger partial charge in [-0.05, 0) is 36.4 Å². The van der Waals surface area contributed by atoms with Crippen molar-refractivity contribution in [2.45, 2.75) is 9.79 Å². The van der Waals surface area contributed by atoms with Gasteiger partial charge in [0, 0.05) is 11.8 Å². The van der Waals surface area contributed by atoms with Crippen LogP contribution in [-0.4, -0.2) is 29.0 Å². The molecule has 6 nitrogen and oxygen atoms in total. The van der Waals surface area contributed by atoms with Gasteiger partial charge in [0.1, 0.15) is 10.7 Å². The van der Waals surface area contributed by atoms with Gasteiger partial charge < -0.3 is 0 Å². The third-order valence-electron chi connectivity index (χ3n) is 2.90. The molecule has 23 heavy (non-hydrogen) atoms. The van der Waals surface area contributed by atoms with Crippen LogP contribution in [0.4, 0.5) is 4.39 Å². The summed E-state index contributed by atoms with van der Waals surface area (Å²) >= 11 is 0. The summed E-state index contributed by atoms with van der Waals surface area (Å²) in [6.07, 6.45) is 1.00. The van der Waals surface area contributed by atoms with Crippen molar-refractivity contribution in [1.82, 2.24) is 4.72 Å². The molecule has 1 N–H and O–H groups in total. The van der Waals surface area contributed by atoms with Crippen molar-refractivity contribution >= 4 is 25.8 Å². The summed E-state index contributed by atoms with van der Waals surface area (Å²) < 4.78 is 61.9. The molecule has 2 aromatic carbocycles. The van der Waals surface area contributed by atoms with Gasteiger partial charge in [0.25, 0.3) is 15.9 Å². The predicted octanol–water partition coefficient (Wildman–Crippen LogP) is 1.35. The number of sulfone groups is 1. The number of carbonyl (C=O) groups is 1. The van der Waals surface area contributed by atoms with Crippen molar-refractivity contribution in [1.29, 1.82) is 0 Å². The van der Waals surface area contributed by atoms with E-state index in [9.17, 15) is 26.0 Å². The van der Waals surface area contributed by atoms with Crippen molar-refractivity contribution in [2.24, 2.45) is 0 Å².